The van der Waals surface area contributed by atoms with Crippen molar-refractivity contribution < 1.29 is 0 Å². The zero-order valence-electron chi connectivity index (χ0n) is 14.8. The van der Waals surface area contributed by atoms with E-state index < -0.39 is 0 Å². The molecule has 1 N–H and O–H groups in total. The highest BCUT2D eigenvalue weighted by atomic mass is 16.1. The molecule has 2 aromatic rings. The van der Waals surface area contributed by atoms with E-state index in [-0.39, 0.29) is 5.56 Å². The number of H-pyrrole nitrogens is 1. The van der Waals surface area contributed by atoms with Crippen molar-refractivity contribution >= 4 is 5.65 Å². The molecule has 5 nitrogen and oxygen atoms in total. The van der Waals surface area contributed by atoms with Gasteiger partial charge in [0.15, 0.2) is 5.65 Å². The monoisotopic (exact) mass is 328 g/mol. The Balaban J connectivity index is 1.49. The van der Waals surface area contributed by atoms with Gasteiger partial charge < -0.3 is 4.90 Å². The molecule has 130 valence electrons. The normalized spacial score (nSPS) is 23.3. The number of nitrogens with zero attached hydrogens (tertiary/aromatic N) is 3. The van der Waals surface area contributed by atoms with Crippen LogP contribution in [0.1, 0.15) is 61.4 Å². The van der Waals surface area contributed by atoms with Gasteiger partial charge in [-0.3, -0.25) is 9.89 Å². The smallest absolute Gasteiger partial charge is 0.275 e. The summed E-state index contributed by atoms with van der Waals surface area (Å²) in [6, 6.07) is 2.07. The van der Waals surface area contributed by atoms with Crippen molar-refractivity contribution in [2.24, 2.45) is 5.92 Å². The third-order valence-corrected chi connectivity index (χ3v) is 6.06. The van der Waals surface area contributed by atoms with E-state index >= 15 is 0 Å². The van der Waals surface area contributed by atoms with E-state index in [0.29, 0.717) is 5.92 Å². The molecular formula is C19H28N4O. The van der Waals surface area contributed by atoms with Crippen LogP contribution in [0.5, 0.6) is 0 Å². The van der Waals surface area contributed by atoms with Gasteiger partial charge in [0, 0.05) is 42.0 Å². The van der Waals surface area contributed by atoms with Gasteiger partial charge in [-0.25, -0.2) is 9.50 Å². The molecule has 2 aromatic heterocycles. The van der Waals surface area contributed by atoms with Gasteiger partial charge in [0.05, 0.1) is 0 Å². The van der Waals surface area contributed by atoms with Crippen LogP contribution in [-0.4, -0.2) is 39.1 Å². The molecule has 3 heterocycles. The predicted octanol–water partition coefficient (Wildman–Crippen LogP) is 3.01. The van der Waals surface area contributed by atoms with Gasteiger partial charge in [-0.15, -0.1) is 0 Å². The van der Waals surface area contributed by atoms with Crippen molar-refractivity contribution in [3.63, 3.8) is 0 Å². The summed E-state index contributed by atoms with van der Waals surface area (Å²) in [6.07, 6.45) is 8.24. The standard InChI is InChI=1S/C19H28N4O/c1-13-14(2)20-18-10-17(21-23(18)19(13)24)16-8-9-22(12-16)11-15-6-4-3-5-7-15/h10,15-16,21H,3-9,11-12H2,1-2H3. The van der Waals surface area contributed by atoms with E-state index in [1.807, 2.05) is 13.8 Å². The number of likely N-dealkylation sites (tertiary alicyclic amines) is 1. The Labute approximate surface area is 143 Å². The highest BCUT2D eigenvalue weighted by Gasteiger charge is 2.28. The predicted molar refractivity (Wildman–Crippen MR) is 95.7 cm³/mol. The van der Waals surface area contributed by atoms with Crippen molar-refractivity contribution in [3.8, 4) is 0 Å². The third-order valence-electron chi connectivity index (χ3n) is 6.06. The summed E-state index contributed by atoms with van der Waals surface area (Å²) in [4.78, 5) is 19.6. The highest BCUT2D eigenvalue weighted by Crippen LogP contribution is 2.30. The maximum atomic E-state index is 12.4. The molecule has 1 atom stereocenters. The maximum absolute atomic E-state index is 12.4. The lowest BCUT2D eigenvalue weighted by molar-refractivity contribution is 0.232. The minimum Gasteiger partial charge on any atom is -0.302 e. The Morgan fingerprint density at radius 2 is 2.00 bits per heavy atom. The summed E-state index contributed by atoms with van der Waals surface area (Å²) in [7, 11) is 0. The Hall–Kier alpha value is -1.62. The fourth-order valence-corrected chi connectivity index (χ4v) is 4.43. The van der Waals surface area contributed by atoms with Crippen molar-refractivity contribution in [2.45, 2.75) is 58.3 Å². The molecule has 4 rings (SSSR count). The summed E-state index contributed by atoms with van der Waals surface area (Å²) in [5, 5.41) is 3.31. The quantitative estimate of drug-likeness (QED) is 0.942. The van der Waals surface area contributed by atoms with Crippen LogP contribution in [0.15, 0.2) is 10.9 Å². The first-order valence-corrected chi connectivity index (χ1v) is 9.43. The minimum absolute atomic E-state index is 0.0285. The Morgan fingerprint density at radius 1 is 1.21 bits per heavy atom. The van der Waals surface area contributed by atoms with Crippen LogP contribution >= 0.6 is 0 Å². The van der Waals surface area contributed by atoms with Crippen LogP contribution < -0.4 is 5.56 Å². The average Bonchev–Trinajstić information content (AvgIpc) is 3.20. The minimum atomic E-state index is 0.0285. The van der Waals surface area contributed by atoms with E-state index in [4.69, 9.17) is 0 Å². The van der Waals surface area contributed by atoms with E-state index in [1.165, 1.54) is 51.6 Å². The molecule has 1 unspecified atom stereocenters. The molecule has 0 bridgehead atoms. The lowest BCUT2D eigenvalue weighted by atomic mass is 9.89. The third kappa shape index (κ3) is 2.90. The molecule has 24 heavy (non-hydrogen) atoms. The zero-order chi connectivity index (χ0) is 16.7. The Bertz CT molecular complexity index is 784. The number of hydrogen-bond donors (Lipinski definition) is 1. The summed E-state index contributed by atoms with van der Waals surface area (Å²) < 4.78 is 1.61. The fraction of sp³-hybridized carbons (Fsp3) is 0.684. The van der Waals surface area contributed by atoms with Gasteiger partial charge in [-0.05, 0) is 45.6 Å². The number of rotatable bonds is 3. The first-order valence-electron chi connectivity index (χ1n) is 9.43. The summed E-state index contributed by atoms with van der Waals surface area (Å²) in [6.45, 7) is 7.30. The second kappa shape index (κ2) is 6.36. The lowest BCUT2D eigenvalue weighted by Gasteiger charge is -2.26. The zero-order valence-corrected chi connectivity index (χ0v) is 14.8. The van der Waals surface area contributed by atoms with E-state index in [1.54, 1.807) is 4.52 Å². The average molecular weight is 328 g/mol. The number of aryl methyl sites for hydroxylation is 1. The topological polar surface area (TPSA) is 53.4 Å². The van der Waals surface area contributed by atoms with Gasteiger partial charge in [-0.1, -0.05) is 19.3 Å². The molecule has 0 aromatic carbocycles. The van der Waals surface area contributed by atoms with Crippen LogP contribution in [0.2, 0.25) is 0 Å². The number of aromatic amines is 1. The molecule has 0 amide bonds. The van der Waals surface area contributed by atoms with Crippen LogP contribution in [0, 0.1) is 19.8 Å². The maximum Gasteiger partial charge on any atom is 0.275 e. The van der Waals surface area contributed by atoms with Crippen molar-refractivity contribution in [1.29, 1.82) is 0 Å². The number of fused-ring (bicyclic) bond motifs is 1. The molecule has 2 fully saturated rings. The largest absolute Gasteiger partial charge is 0.302 e. The number of hydrogen-bond acceptors (Lipinski definition) is 3. The first-order chi connectivity index (χ1) is 11.6. The van der Waals surface area contributed by atoms with Crippen LogP contribution in [0.25, 0.3) is 5.65 Å². The molecular weight excluding hydrogens is 300 g/mol. The van der Waals surface area contributed by atoms with E-state index in [0.717, 1.165) is 35.1 Å². The molecule has 2 aliphatic rings. The van der Waals surface area contributed by atoms with Gasteiger partial charge in [0.25, 0.3) is 5.56 Å². The van der Waals surface area contributed by atoms with Crippen LogP contribution in [-0.2, 0) is 0 Å². The van der Waals surface area contributed by atoms with Crippen molar-refractivity contribution in [1.82, 2.24) is 19.5 Å². The fourth-order valence-electron chi connectivity index (χ4n) is 4.43. The molecule has 1 aliphatic carbocycles. The second-order valence-electron chi connectivity index (χ2n) is 7.78. The lowest BCUT2D eigenvalue weighted by Crippen LogP contribution is -2.28. The molecule has 1 saturated carbocycles. The second-order valence-corrected chi connectivity index (χ2v) is 7.78. The van der Waals surface area contributed by atoms with E-state index in [9.17, 15) is 4.79 Å². The van der Waals surface area contributed by atoms with Crippen LogP contribution in [0.3, 0.4) is 0 Å². The summed E-state index contributed by atoms with van der Waals surface area (Å²) in [5.74, 6) is 1.39. The molecule has 5 heteroatoms. The molecule has 0 radical (unpaired) electrons. The summed E-state index contributed by atoms with van der Waals surface area (Å²) in [5.41, 5.74) is 3.50. The number of aromatic nitrogens is 3. The van der Waals surface area contributed by atoms with Gasteiger partial charge in [0.2, 0.25) is 0 Å². The van der Waals surface area contributed by atoms with Crippen molar-refractivity contribution in [2.75, 3.05) is 19.6 Å². The van der Waals surface area contributed by atoms with Gasteiger partial charge in [0.1, 0.15) is 0 Å². The summed E-state index contributed by atoms with van der Waals surface area (Å²) >= 11 is 0. The molecule has 0 spiro atoms. The number of nitrogens with one attached hydrogen (secondary N) is 1. The first kappa shape index (κ1) is 15.9. The van der Waals surface area contributed by atoms with Crippen LogP contribution in [0.4, 0.5) is 0 Å². The van der Waals surface area contributed by atoms with E-state index in [2.05, 4.69) is 21.0 Å². The van der Waals surface area contributed by atoms with Crippen molar-refractivity contribution in [3.05, 3.63) is 33.4 Å². The Kier molecular flexibility index (Phi) is 4.21. The van der Waals surface area contributed by atoms with Gasteiger partial charge in [-0.2, -0.15) is 0 Å². The molecule has 1 saturated heterocycles. The van der Waals surface area contributed by atoms with Gasteiger partial charge >= 0.3 is 0 Å². The molecule has 1 aliphatic heterocycles. The SMILES string of the molecule is Cc1nc2cc(C3CCN(CC4CCCCC4)C3)[nH]n2c(=O)c1C. The highest BCUT2D eigenvalue weighted by molar-refractivity contribution is 5.42. The Morgan fingerprint density at radius 3 is 2.79 bits per heavy atom.